The molecule has 0 saturated heterocycles. The normalized spacial score (nSPS) is 13.7. The lowest BCUT2D eigenvalue weighted by molar-refractivity contribution is 0.0598. The molecule has 2 atom stereocenters. The number of rotatable bonds is 8. The Kier molecular flexibility index (Phi) is 7.83. The van der Waals surface area contributed by atoms with Gasteiger partial charge in [0.05, 0.1) is 5.82 Å². The lowest BCUT2D eigenvalue weighted by Gasteiger charge is -2.32. The van der Waals surface area contributed by atoms with E-state index in [2.05, 4.69) is 22.5 Å². The number of methoxy groups -OCH3 is 1. The molecular weight excluding hydrogens is 405 g/mol. The van der Waals surface area contributed by atoms with Crippen LogP contribution in [0.25, 0.3) is 0 Å². The van der Waals surface area contributed by atoms with Crippen LogP contribution in [-0.2, 0) is 4.74 Å². The van der Waals surface area contributed by atoms with E-state index in [1.807, 2.05) is 62.4 Å². The van der Waals surface area contributed by atoms with Gasteiger partial charge in [-0.05, 0) is 31.5 Å². The summed E-state index contributed by atoms with van der Waals surface area (Å²) in [5.74, 6) is 0.487. The average molecular weight is 429 g/mol. The van der Waals surface area contributed by atoms with Crippen molar-refractivity contribution >= 4 is 40.5 Å². The maximum absolute atomic E-state index is 6.16. The zero-order valence-corrected chi connectivity index (χ0v) is 17.8. The molecule has 146 valence electrons. The van der Waals surface area contributed by atoms with Gasteiger partial charge in [0.2, 0.25) is 3.79 Å². The summed E-state index contributed by atoms with van der Waals surface area (Å²) < 4.78 is 3.90. The minimum Gasteiger partial charge on any atom is -0.362 e. The highest BCUT2D eigenvalue weighted by atomic mass is 35.6. The number of hydrogen-bond donors (Lipinski definition) is 3. The van der Waals surface area contributed by atoms with Crippen LogP contribution in [0.1, 0.15) is 22.9 Å². The minimum atomic E-state index is -1.64. The second-order valence-electron chi connectivity index (χ2n) is 6.28. The summed E-state index contributed by atoms with van der Waals surface area (Å²) in [6.45, 7) is 8.01. The van der Waals surface area contributed by atoms with Crippen LogP contribution in [0.15, 0.2) is 60.9 Å². The van der Waals surface area contributed by atoms with Gasteiger partial charge in [0.25, 0.3) is 0 Å². The maximum atomic E-state index is 6.16. The van der Waals surface area contributed by atoms with Crippen molar-refractivity contribution in [1.82, 2.24) is 10.6 Å². The highest BCUT2D eigenvalue weighted by molar-refractivity contribution is 6.68. The van der Waals surface area contributed by atoms with Crippen LogP contribution in [0.4, 0.5) is 5.69 Å². The lowest BCUT2D eigenvalue weighted by Crippen LogP contribution is -2.52. The largest absolute Gasteiger partial charge is 0.362 e. The van der Waals surface area contributed by atoms with E-state index >= 15 is 0 Å². The van der Waals surface area contributed by atoms with Crippen molar-refractivity contribution in [2.24, 2.45) is 0 Å². The number of ether oxygens (including phenoxy) is 1. The van der Waals surface area contributed by atoms with Crippen LogP contribution in [-0.4, -0.2) is 17.1 Å². The first-order valence-corrected chi connectivity index (χ1v) is 9.53. The Bertz CT molecular complexity index is 743. The lowest BCUT2D eigenvalue weighted by atomic mass is 10.1. The number of benzene rings is 2. The van der Waals surface area contributed by atoms with E-state index in [-0.39, 0.29) is 0 Å². The predicted octanol–water partition coefficient (Wildman–Crippen LogP) is 5.41. The Morgan fingerprint density at radius 1 is 0.963 bits per heavy atom. The van der Waals surface area contributed by atoms with E-state index < -0.39 is 16.2 Å². The van der Waals surface area contributed by atoms with Gasteiger partial charge in [0.15, 0.2) is 0 Å². The molecule has 0 fully saturated rings. The van der Waals surface area contributed by atoms with E-state index in [9.17, 15) is 0 Å². The fourth-order valence-corrected chi connectivity index (χ4v) is 2.79. The van der Waals surface area contributed by atoms with Crippen molar-refractivity contribution in [2.45, 2.75) is 30.0 Å². The molecular formula is C20H24Cl3N3O. The van der Waals surface area contributed by atoms with Crippen molar-refractivity contribution < 1.29 is 4.74 Å². The van der Waals surface area contributed by atoms with Crippen molar-refractivity contribution in [3.8, 4) is 0 Å². The number of halogens is 3. The van der Waals surface area contributed by atoms with Crippen LogP contribution >= 0.6 is 34.8 Å². The summed E-state index contributed by atoms with van der Waals surface area (Å²) in [5, 5.41) is 9.40. The Morgan fingerprint density at radius 2 is 1.48 bits per heavy atom. The summed E-state index contributed by atoms with van der Waals surface area (Å²) in [5.41, 5.74) is 4.12. The van der Waals surface area contributed by atoms with Gasteiger partial charge < -0.3 is 15.4 Å². The van der Waals surface area contributed by atoms with Gasteiger partial charge in [0.1, 0.15) is 12.4 Å². The molecule has 27 heavy (non-hydrogen) atoms. The Morgan fingerprint density at radius 3 is 1.96 bits per heavy atom. The molecule has 0 bridgehead atoms. The van der Waals surface area contributed by atoms with Crippen molar-refractivity contribution in [3.05, 3.63) is 77.6 Å². The smallest absolute Gasteiger partial charge is 0.223 e. The molecule has 2 aromatic carbocycles. The molecule has 7 heteroatoms. The standard InChI is InChI=1S/C20H24Cl3N3O/c1-13-5-9-16(10-6-13)18(27-4)26-19(20(21,22)23)25-15(3)24-17-11-7-14(2)8-12-17/h5-12,18-19,24-26H,3H2,1-2,4H3. The van der Waals surface area contributed by atoms with Crippen LogP contribution in [0.3, 0.4) is 0 Å². The van der Waals surface area contributed by atoms with Crippen LogP contribution < -0.4 is 16.0 Å². The maximum Gasteiger partial charge on any atom is 0.223 e. The van der Waals surface area contributed by atoms with Crippen molar-refractivity contribution in [1.29, 1.82) is 0 Å². The predicted molar refractivity (Wildman–Crippen MR) is 115 cm³/mol. The first kappa shape index (κ1) is 21.9. The molecule has 0 aromatic heterocycles. The van der Waals surface area contributed by atoms with Crippen molar-refractivity contribution in [2.75, 3.05) is 12.4 Å². The fraction of sp³-hybridized carbons (Fsp3) is 0.300. The summed E-state index contributed by atoms with van der Waals surface area (Å²) in [6.07, 6.45) is -1.22. The Balaban J connectivity index is 2.08. The zero-order valence-electron chi connectivity index (χ0n) is 15.5. The van der Waals surface area contributed by atoms with Gasteiger partial charge in [0, 0.05) is 12.8 Å². The molecule has 2 aromatic rings. The Labute approximate surface area is 175 Å². The van der Waals surface area contributed by atoms with Gasteiger partial charge in [-0.2, -0.15) is 0 Å². The molecule has 3 N–H and O–H groups in total. The molecule has 2 unspecified atom stereocenters. The molecule has 0 amide bonds. The average Bonchev–Trinajstić information content (AvgIpc) is 2.60. The van der Waals surface area contributed by atoms with Gasteiger partial charge in [-0.1, -0.05) is 88.9 Å². The molecule has 0 aliphatic carbocycles. The zero-order chi connectivity index (χ0) is 20.0. The Hall–Kier alpha value is -1.43. The molecule has 0 radical (unpaired) electrons. The molecule has 0 heterocycles. The van der Waals surface area contributed by atoms with E-state index in [1.165, 1.54) is 5.56 Å². The van der Waals surface area contributed by atoms with E-state index in [0.717, 1.165) is 16.8 Å². The van der Waals surface area contributed by atoms with Crippen LogP contribution in [0.5, 0.6) is 0 Å². The van der Waals surface area contributed by atoms with Gasteiger partial charge in [-0.3, -0.25) is 5.32 Å². The second-order valence-corrected chi connectivity index (χ2v) is 8.65. The summed E-state index contributed by atoms with van der Waals surface area (Å²) in [6, 6.07) is 15.8. The summed E-state index contributed by atoms with van der Waals surface area (Å²) in [4.78, 5) is 0. The second kappa shape index (κ2) is 9.67. The van der Waals surface area contributed by atoms with E-state index in [1.54, 1.807) is 7.11 Å². The first-order valence-electron chi connectivity index (χ1n) is 8.40. The molecule has 0 aliphatic rings. The molecule has 0 aliphatic heterocycles. The highest BCUT2D eigenvalue weighted by Gasteiger charge is 2.35. The summed E-state index contributed by atoms with van der Waals surface area (Å²) >= 11 is 18.5. The number of hydrogen-bond acceptors (Lipinski definition) is 4. The van der Waals surface area contributed by atoms with E-state index in [0.29, 0.717) is 5.82 Å². The fourth-order valence-electron chi connectivity index (χ4n) is 2.43. The molecule has 2 rings (SSSR count). The van der Waals surface area contributed by atoms with Gasteiger partial charge in [-0.25, -0.2) is 0 Å². The number of aryl methyl sites for hydroxylation is 2. The van der Waals surface area contributed by atoms with Crippen LogP contribution in [0, 0.1) is 13.8 Å². The minimum absolute atomic E-state index is 0.467. The highest BCUT2D eigenvalue weighted by Crippen LogP contribution is 2.31. The number of nitrogens with one attached hydrogen (secondary N) is 3. The first-order chi connectivity index (χ1) is 12.7. The third-order valence-corrected chi connectivity index (χ3v) is 4.58. The third kappa shape index (κ3) is 6.91. The number of alkyl halides is 3. The van der Waals surface area contributed by atoms with Crippen LogP contribution in [0.2, 0.25) is 0 Å². The SMILES string of the molecule is C=C(Nc1ccc(C)cc1)NC(NC(OC)c1ccc(C)cc1)C(Cl)(Cl)Cl. The van der Waals surface area contributed by atoms with E-state index in [4.69, 9.17) is 39.5 Å². The van der Waals surface area contributed by atoms with Gasteiger partial charge in [-0.15, -0.1) is 0 Å². The quantitative estimate of drug-likeness (QED) is 0.389. The molecule has 0 spiro atoms. The van der Waals surface area contributed by atoms with Gasteiger partial charge >= 0.3 is 0 Å². The summed E-state index contributed by atoms with van der Waals surface area (Å²) in [7, 11) is 1.59. The molecule has 4 nitrogen and oxygen atoms in total. The third-order valence-electron chi connectivity index (χ3n) is 3.93. The topological polar surface area (TPSA) is 45.3 Å². The number of anilines is 1. The molecule has 0 saturated carbocycles. The van der Waals surface area contributed by atoms with Crippen molar-refractivity contribution in [3.63, 3.8) is 0 Å². The monoisotopic (exact) mass is 427 g/mol.